The maximum atomic E-state index is 5.27. The molecular formula is C46H36N5PtSi-3. The topological polar surface area (TPSA) is 37.2 Å². The van der Waals surface area contributed by atoms with Crippen LogP contribution in [-0.2, 0) is 26.5 Å². The van der Waals surface area contributed by atoms with Gasteiger partial charge in [-0.1, -0.05) is 111 Å². The van der Waals surface area contributed by atoms with Gasteiger partial charge in [-0.15, -0.1) is 5.39 Å². The molecule has 2 aliphatic heterocycles. The Kier molecular flexibility index (Phi) is 7.85. The van der Waals surface area contributed by atoms with Crippen LogP contribution in [0.2, 0.25) is 0 Å². The van der Waals surface area contributed by atoms with Crippen LogP contribution in [-0.4, -0.2) is 29.7 Å². The summed E-state index contributed by atoms with van der Waals surface area (Å²) < 4.78 is 2.30. The molecule has 5 heterocycles. The Morgan fingerprint density at radius 1 is 0.660 bits per heavy atom. The molecular weight excluding hydrogens is 846 g/mol. The van der Waals surface area contributed by atoms with Crippen LogP contribution in [0.1, 0.15) is 26.3 Å². The zero-order chi connectivity index (χ0) is 35.2. The van der Waals surface area contributed by atoms with E-state index >= 15 is 0 Å². The molecule has 7 heteroatoms. The molecule has 0 saturated carbocycles. The predicted molar refractivity (Wildman–Crippen MR) is 217 cm³/mol. The van der Waals surface area contributed by atoms with Crippen LogP contribution < -0.4 is 30.7 Å². The van der Waals surface area contributed by atoms with Crippen molar-refractivity contribution >= 4 is 67.8 Å². The van der Waals surface area contributed by atoms with Crippen LogP contribution in [0.25, 0.3) is 38.8 Å². The molecule has 0 fully saturated rings. The second-order valence-electron chi connectivity index (χ2n) is 14.9. The third kappa shape index (κ3) is 4.92. The molecule has 0 saturated heterocycles. The Hall–Kier alpha value is -5.29. The third-order valence-corrected chi connectivity index (χ3v) is 15.4. The summed E-state index contributed by atoms with van der Waals surface area (Å²) in [5.41, 5.74) is 9.14. The number of anilines is 3. The minimum absolute atomic E-state index is 0. The molecule has 3 aromatic heterocycles. The van der Waals surface area contributed by atoms with E-state index in [1.807, 2.05) is 12.4 Å². The Morgan fingerprint density at radius 2 is 1.32 bits per heavy atom. The Balaban J connectivity index is 0.00000372. The molecule has 8 aromatic rings. The van der Waals surface area contributed by atoms with Crippen molar-refractivity contribution in [2.75, 3.05) is 16.8 Å². The summed E-state index contributed by atoms with van der Waals surface area (Å²) in [6, 6.07) is 54.1. The second-order valence-corrected chi connectivity index (χ2v) is 18.5. The first-order chi connectivity index (χ1) is 25.3. The van der Waals surface area contributed by atoms with Crippen LogP contribution in [0.15, 0.2) is 140 Å². The Bertz CT molecular complexity index is 2670. The van der Waals surface area contributed by atoms with Crippen molar-refractivity contribution in [1.82, 2.24) is 14.5 Å². The fourth-order valence-electron chi connectivity index (χ4n) is 8.43. The first-order valence-corrected chi connectivity index (χ1v) is 19.8. The maximum Gasteiger partial charge on any atom is 0.156 e. The molecule has 0 aliphatic carbocycles. The molecule has 5 aromatic carbocycles. The van der Waals surface area contributed by atoms with Crippen molar-refractivity contribution in [1.29, 1.82) is 0 Å². The Labute approximate surface area is 325 Å². The van der Waals surface area contributed by atoms with E-state index in [4.69, 9.17) is 9.97 Å². The van der Waals surface area contributed by atoms with Crippen LogP contribution in [0.3, 0.4) is 0 Å². The second kappa shape index (κ2) is 12.4. The number of aromatic nitrogens is 3. The summed E-state index contributed by atoms with van der Waals surface area (Å²) in [4.78, 5) is 14.6. The van der Waals surface area contributed by atoms with Gasteiger partial charge in [0.05, 0.1) is 0 Å². The van der Waals surface area contributed by atoms with Crippen LogP contribution >= 0.6 is 0 Å². The number of fused-ring (bicyclic) bond motifs is 7. The molecule has 5 nitrogen and oxygen atoms in total. The number of nitrogens with zero attached hydrogens (tertiary/aromatic N) is 5. The van der Waals surface area contributed by atoms with Crippen molar-refractivity contribution in [3.8, 4) is 16.9 Å². The van der Waals surface area contributed by atoms with Gasteiger partial charge < -0.3 is 19.4 Å². The first-order valence-electron chi connectivity index (χ1n) is 17.8. The van der Waals surface area contributed by atoms with Gasteiger partial charge in [-0.3, -0.25) is 0 Å². The molecule has 0 atom stereocenters. The third-order valence-electron chi connectivity index (χ3n) is 10.9. The van der Waals surface area contributed by atoms with Gasteiger partial charge in [0.2, 0.25) is 0 Å². The van der Waals surface area contributed by atoms with Crippen LogP contribution in [0.4, 0.5) is 17.1 Å². The van der Waals surface area contributed by atoms with E-state index in [-0.39, 0.29) is 26.5 Å². The summed E-state index contributed by atoms with van der Waals surface area (Å²) in [5, 5.41) is 7.08. The zero-order valence-electron chi connectivity index (χ0n) is 29.9. The molecule has 0 radical (unpaired) electrons. The normalized spacial score (nSPS) is 14.3. The molecule has 0 amide bonds. The van der Waals surface area contributed by atoms with Crippen molar-refractivity contribution in [3.63, 3.8) is 0 Å². The van der Waals surface area contributed by atoms with E-state index in [1.165, 1.54) is 32.5 Å². The summed E-state index contributed by atoms with van der Waals surface area (Å²) in [7, 11) is -0.965. The smallest absolute Gasteiger partial charge is 0.156 e. The number of hydrogen-bond acceptors (Lipinski definition) is 4. The molecule has 0 N–H and O–H groups in total. The monoisotopic (exact) mass is 881 g/mol. The number of hydrogen-bond donors (Lipinski definition) is 0. The van der Waals surface area contributed by atoms with Crippen LogP contribution in [0.5, 0.6) is 0 Å². The van der Waals surface area contributed by atoms with Crippen molar-refractivity contribution in [2.45, 2.75) is 26.2 Å². The molecule has 0 bridgehead atoms. The fourth-order valence-corrected chi connectivity index (χ4v) is 13.2. The van der Waals surface area contributed by atoms with Gasteiger partial charge in [0, 0.05) is 44.2 Å². The van der Waals surface area contributed by atoms with Gasteiger partial charge in [-0.25, -0.2) is 11.1 Å². The van der Waals surface area contributed by atoms with Gasteiger partial charge >= 0.3 is 0 Å². The molecule has 10 rings (SSSR count). The number of pyridine rings is 2. The molecule has 0 spiro atoms. The molecule has 262 valence electrons. The van der Waals surface area contributed by atoms with Gasteiger partial charge in [-0.2, -0.15) is 41.8 Å². The van der Waals surface area contributed by atoms with E-state index in [0.29, 0.717) is 0 Å². The number of rotatable bonds is 4. The zero-order valence-corrected chi connectivity index (χ0v) is 33.2. The van der Waals surface area contributed by atoms with E-state index < -0.39 is 8.07 Å². The minimum Gasteiger partial charge on any atom is -0.504 e. The van der Waals surface area contributed by atoms with Crippen molar-refractivity contribution in [3.05, 3.63) is 164 Å². The average molecular weight is 882 g/mol. The first kappa shape index (κ1) is 33.5. The van der Waals surface area contributed by atoms with Crippen LogP contribution in [0, 0.1) is 18.8 Å². The molecule has 0 unspecified atom stereocenters. The van der Waals surface area contributed by atoms with E-state index in [2.05, 4.69) is 188 Å². The SMILES string of the molecule is CN1[CH-]N(c2[c-]c([Si]3(c4[c-]c5c(cc4)c4ccccc4n5-c4cc(C(C)(C)C)ccn4)c4ccccc4-c4ccccc43)ncc2)c2ccccc21.[Pt]. The fraction of sp³-hybridized carbons (Fsp3) is 0.109. The minimum atomic E-state index is -3.06. The number of para-hydroxylation sites is 3. The predicted octanol–water partition coefficient (Wildman–Crippen LogP) is 7.53. The quantitative estimate of drug-likeness (QED) is 0.136. The number of benzene rings is 5. The van der Waals surface area contributed by atoms with Gasteiger partial charge in [0.15, 0.2) is 8.07 Å². The van der Waals surface area contributed by atoms with Crippen molar-refractivity contribution in [2.24, 2.45) is 0 Å². The largest absolute Gasteiger partial charge is 0.504 e. The summed E-state index contributed by atoms with van der Waals surface area (Å²) in [6.07, 6.45) is 3.90. The molecule has 53 heavy (non-hydrogen) atoms. The van der Waals surface area contributed by atoms with E-state index in [1.54, 1.807) is 0 Å². The average Bonchev–Trinajstić information content (AvgIpc) is 3.80. The van der Waals surface area contributed by atoms with Gasteiger partial charge in [0.25, 0.3) is 0 Å². The standard InChI is InChI=1S/C46H36N5Si.Pt/c1-46(2,3)31-23-25-47-44(27-31)51-38-16-8-5-13-34(38)35-22-21-33(29-41(35)51)52(42-19-11-6-14-36(42)37-15-7-12-20-43(37)52)45-28-32(24-26-48-45)50-30-49(4)39-17-9-10-18-40(39)50;/h5-27,30H,1-4H3;/q-3;. The maximum absolute atomic E-state index is 5.27. The summed E-state index contributed by atoms with van der Waals surface area (Å²) in [5.74, 6) is 0.897. The van der Waals surface area contributed by atoms with Gasteiger partial charge in [0.1, 0.15) is 5.82 Å². The Morgan fingerprint density at radius 3 is 2.08 bits per heavy atom. The summed E-state index contributed by atoms with van der Waals surface area (Å²) in [6.45, 7) is 8.89. The molecule has 2 aliphatic rings. The van der Waals surface area contributed by atoms with Gasteiger partial charge in [-0.05, 0) is 80.6 Å². The van der Waals surface area contributed by atoms with E-state index in [0.717, 1.165) is 49.8 Å². The van der Waals surface area contributed by atoms with E-state index in [9.17, 15) is 0 Å². The summed E-state index contributed by atoms with van der Waals surface area (Å²) >= 11 is 0. The van der Waals surface area contributed by atoms with Crippen molar-refractivity contribution < 1.29 is 21.1 Å².